The van der Waals surface area contributed by atoms with Crippen LogP contribution in [-0.4, -0.2) is 17.6 Å². The Morgan fingerprint density at radius 2 is 2.54 bits per heavy atom. The fourth-order valence-electron chi connectivity index (χ4n) is 0.696. The molecule has 1 aromatic heterocycles. The molecule has 0 aliphatic carbocycles. The van der Waals surface area contributed by atoms with E-state index in [1.54, 1.807) is 18.3 Å². The smallest absolute Gasteiger partial charge is 0.340 e. The molecule has 0 aliphatic heterocycles. The summed E-state index contributed by atoms with van der Waals surface area (Å²) in [5, 5.41) is 0. The molecule has 0 aromatic carbocycles. The molecule has 0 saturated heterocycles. The number of pyridine rings is 1. The number of rotatable bonds is 2. The highest BCUT2D eigenvalue weighted by Gasteiger charge is 2.04. The van der Waals surface area contributed by atoms with Crippen LogP contribution in [0.15, 0.2) is 24.5 Å². The van der Waals surface area contributed by atoms with Crippen molar-refractivity contribution in [2.75, 3.05) is 6.61 Å². The maximum Gasteiger partial charge on any atom is 0.340 e. The number of aromatic nitrogens is 1. The number of hydrogen-bond donors (Lipinski definition) is 0. The van der Waals surface area contributed by atoms with E-state index in [0.29, 0.717) is 5.56 Å². The number of halogens is 1. The summed E-state index contributed by atoms with van der Waals surface area (Å²) in [6.45, 7) is 0.122. The zero-order chi connectivity index (χ0) is 9.52. The van der Waals surface area contributed by atoms with Crippen LogP contribution in [0.2, 0.25) is 0 Å². The zero-order valence-corrected chi connectivity index (χ0v) is 8.82. The van der Waals surface area contributed by atoms with Crippen molar-refractivity contribution >= 4 is 28.6 Å². The first-order valence-electron chi connectivity index (χ1n) is 3.50. The Morgan fingerprint density at radius 3 is 3.15 bits per heavy atom. The van der Waals surface area contributed by atoms with E-state index in [0.717, 1.165) is 0 Å². The molecule has 0 unspecified atom stereocenters. The van der Waals surface area contributed by atoms with E-state index in [9.17, 15) is 4.79 Å². The van der Waals surface area contributed by atoms with Crippen LogP contribution in [-0.2, 0) is 4.74 Å². The van der Waals surface area contributed by atoms with Crippen molar-refractivity contribution < 1.29 is 9.53 Å². The largest absolute Gasteiger partial charge is 0.449 e. The van der Waals surface area contributed by atoms with E-state index < -0.39 is 5.97 Å². The summed E-state index contributed by atoms with van der Waals surface area (Å²) in [5.41, 5.74) is 0.442. The number of esters is 1. The first-order chi connectivity index (χ1) is 6.34. The molecule has 0 N–H and O–H groups in total. The second-order valence-electron chi connectivity index (χ2n) is 2.09. The van der Waals surface area contributed by atoms with Gasteiger partial charge in [0.2, 0.25) is 0 Å². The van der Waals surface area contributed by atoms with E-state index in [4.69, 9.17) is 4.74 Å². The van der Waals surface area contributed by atoms with Crippen molar-refractivity contribution in [2.24, 2.45) is 0 Å². The highest BCUT2D eigenvalue weighted by Crippen LogP contribution is 1.97. The minimum atomic E-state index is -0.396. The highest BCUT2D eigenvalue weighted by molar-refractivity contribution is 14.1. The Balaban J connectivity index is 2.53. The molecule has 1 rings (SSSR count). The predicted octanol–water partition coefficient (Wildman–Crippen LogP) is 1.63. The average molecular weight is 287 g/mol. The molecule has 0 radical (unpaired) electrons. The van der Waals surface area contributed by atoms with Crippen molar-refractivity contribution in [1.82, 2.24) is 4.98 Å². The average Bonchev–Trinajstić information content (AvgIpc) is 2.19. The minimum absolute atomic E-state index is 0.122. The van der Waals surface area contributed by atoms with E-state index in [1.165, 1.54) is 6.20 Å². The van der Waals surface area contributed by atoms with Gasteiger partial charge in [-0.3, -0.25) is 4.98 Å². The summed E-state index contributed by atoms with van der Waals surface area (Å²) in [6.07, 6.45) is 3.06. The van der Waals surface area contributed by atoms with Crippen LogP contribution in [0.5, 0.6) is 0 Å². The number of hydrogen-bond acceptors (Lipinski definition) is 3. The lowest BCUT2D eigenvalue weighted by molar-refractivity contribution is 0.0556. The van der Waals surface area contributed by atoms with Gasteiger partial charge in [0.25, 0.3) is 0 Å². The normalized spacial score (nSPS) is 8.38. The van der Waals surface area contributed by atoms with Crippen LogP contribution in [0.25, 0.3) is 0 Å². The first-order valence-corrected chi connectivity index (χ1v) is 4.58. The lowest BCUT2D eigenvalue weighted by atomic mass is 10.3. The van der Waals surface area contributed by atoms with Gasteiger partial charge in [-0.25, -0.2) is 4.79 Å². The molecule has 0 bridgehead atoms. The number of ether oxygens (including phenoxy) is 1. The SMILES string of the molecule is O=C(OCC#CI)c1cccnc1. The third kappa shape index (κ3) is 3.42. The second-order valence-corrected chi connectivity index (χ2v) is 2.63. The number of carbonyl (C=O) groups excluding carboxylic acids is 1. The molecule has 0 atom stereocenters. The van der Waals surface area contributed by atoms with Crippen molar-refractivity contribution in [2.45, 2.75) is 0 Å². The molecule has 0 saturated carbocycles. The van der Waals surface area contributed by atoms with Crippen LogP contribution in [0.1, 0.15) is 10.4 Å². The van der Waals surface area contributed by atoms with Crippen molar-refractivity contribution in [3.8, 4) is 9.85 Å². The zero-order valence-electron chi connectivity index (χ0n) is 6.66. The van der Waals surface area contributed by atoms with Gasteiger partial charge < -0.3 is 4.74 Å². The molecule has 0 amide bonds. The van der Waals surface area contributed by atoms with Crippen LogP contribution in [0.4, 0.5) is 0 Å². The lowest BCUT2D eigenvalue weighted by Crippen LogP contribution is -2.05. The van der Waals surface area contributed by atoms with Crippen LogP contribution in [0, 0.1) is 9.85 Å². The summed E-state index contributed by atoms with van der Waals surface area (Å²) < 4.78 is 7.41. The summed E-state index contributed by atoms with van der Waals surface area (Å²) in [5.74, 6) is 2.23. The first kappa shape index (κ1) is 9.99. The van der Waals surface area contributed by atoms with Crippen LogP contribution < -0.4 is 0 Å². The van der Waals surface area contributed by atoms with E-state index >= 15 is 0 Å². The van der Waals surface area contributed by atoms with E-state index in [1.807, 2.05) is 22.6 Å². The van der Waals surface area contributed by atoms with Gasteiger partial charge in [0.1, 0.15) is 0 Å². The van der Waals surface area contributed by atoms with Crippen LogP contribution >= 0.6 is 22.6 Å². The summed E-state index contributed by atoms with van der Waals surface area (Å²) in [4.78, 5) is 15.0. The topological polar surface area (TPSA) is 39.2 Å². The molecule has 13 heavy (non-hydrogen) atoms. The minimum Gasteiger partial charge on any atom is -0.449 e. The monoisotopic (exact) mass is 287 g/mol. The second kappa shape index (κ2) is 5.54. The van der Waals surface area contributed by atoms with Crippen molar-refractivity contribution in [3.63, 3.8) is 0 Å². The molecule has 0 spiro atoms. The summed E-state index contributed by atoms with van der Waals surface area (Å²) in [7, 11) is 0. The molecule has 3 nitrogen and oxygen atoms in total. The third-order valence-corrected chi connectivity index (χ3v) is 1.62. The number of carbonyl (C=O) groups is 1. The third-order valence-electron chi connectivity index (χ3n) is 1.24. The Morgan fingerprint density at radius 1 is 1.69 bits per heavy atom. The predicted molar refractivity (Wildman–Crippen MR) is 56.3 cm³/mol. The van der Waals surface area contributed by atoms with Gasteiger partial charge in [-0.15, -0.1) is 0 Å². The summed E-state index contributed by atoms with van der Waals surface area (Å²) >= 11 is 1.88. The Labute approximate surface area is 89.6 Å². The highest BCUT2D eigenvalue weighted by atomic mass is 127. The van der Waals surface area contributed by atoms with Gasteiger partial charge in [-0.2, -0.15) is 0 Å². The fraction of sp³-hybridized carbons (Fsp3) is 0.111. The lowest BCUT2D eigenvalue weighted by Gasteiger charge is -1.98. The molecule has 1 aromatic rings. The van der Waals surface area contributed by atoms with Gasteiger partial charge in [0.05, 0.1) is 5.56 Å². The van der Waals surface area contributed by atoms with Gasteiger partial charge >= 0.3 is 5.97 Å². The molecule has 1 heterocycles. The Bertz CT molecular complexity index is 340. The molecule has 0 fully saturated rings. The molecule has 66 valence electrons. The summed E-state index contributed by atoms with van der Waals surface area (Å²) in [6, 6.07) is 3.33. The standard InChI is InChI=1S/C9H6INO2/c10-4-2-6-13-9(12)8-3-1-5-11-7-8/h1,3,5,7H,6H2. The number of nitrogens with zero attached hydrogens (tertiary/aromatic N) is 1. The molecular formula is C9H6INO2. The van der Waals surface area contributed by atoms with Gasteiger partial charge in [-0.1, -0.05) is 5.92 Å². The fourth-order valence-corrected chi connectivity index (χ4v) is 0.851. The molecular weight excluding hydrogens is 281 g/mol. The van der Waals surface area contributed by atoms with Crippen molar-refractivity contribution in [1.29, 1.82) is 0 Å². The maximum atomic E-state index is 11.2. The van der Waals surface area contributed by atoms with Gasteiger partial charge in [-0.05, 0) is 16.1 Å². The van der Waals surface area contributed by atoms with Gasteiger partial charge in [0, 0.05) is 35.0 Å². The Hall–Kier alpha value is -1.09. The quantitative estimate of drug-likeness (QED) is 0.471. The molecule has 4 heteroatoms. The van der Waals surface area contributed by atoms with E-state index in [2.05, 4.69) is 14.8 Å². The van der Waals surface area contributed by atoms with Crippen molar-refractivity contribution in [3.05, 3.63) is 30.1 Å². The van der Waals surface area contributed by atoms with E-state index in [-0.39, 0.29) is 6.61 Å². The molecule has 0 aliphatic rings. The van der Waals surface area contributed by atoms with Crippen LogP contribution in [0.3, 0.4) is 0 Å². The Kier molecular flexibility index (Phi) is 4.26. The maximum absolute atomic E-state index is 11.2. The van der Waals surface area contributed by atoms with Gasteiger partial charge in [0.15, 0.2) is 6.61 Å².